The van der Waals surface area contributed by atoms with E-state index in [0.717, 1.165) is 28.0 Å². The lowest BCUT2D eigenvalue weighted by Gasteiger charge is -2.05. The molecule has 0 saturated heterocycles. The molecular weight excluding hydrogens is 296 g/mol. The van der Waals surface area contributed by atoms with Gasteiger partial charge in [-0.3, -0.25) is 9.20 Å². The van der Waals surface area contributed by atoms with Crippen molar-refractivity contribution >= 4 is 11.4 Å². The number of rotatable bonds is 4. The van der Waals surface area contributed by atoms with Crippen LogP contribution in [0.5, 0.6) is 0 Å². The molecule has 0 bridgehead atoms. The zero-order valence-corrected chi connectivity index (χ0v) is 13.1. The van der Waals surface area contributed by atoms with E-state index < -0.39 is 0 Å². The lowest BCUT2D eigenvalue weighted by molar-refractivity contribution is 0.0993. The fourth-order valence-electron chi connectivity index (χ4n) is 2.86. The summed E-state index contributed by atoms with van der Waals surface area (Å²) in [7, 11) is 0. The molecule has 0 atom stereocenters. The highest BCUT2D eigenvalue weighted by Gasteiger charge is 2.09. The molecule has 0 aliphatic rings. The average Bonchev–Trinajstić information content (AvgIpc) is 3.07. The Balaban J connectivity index is 1.60. The summed E-state index contributed by atoms with van der Waals surface area (Å²) in [5.41, 5.74) is 4.75. The molecule has 3 heteroatoms. The number of hydrogen-bond acceptors (Lipinski definition) is 2. The Kier molecular flexibility index (Phi) is 3.67. The highest BCUT2D eigenvalue weighted by atomic mass is 16.1. The Bertz CT molecular complexity index is 985. The van der Waals surface area contributed by atoms with E-state index >= 15 is 0 Å². The van der Waals surface area contributed by atoms with E-state index in [4.69, 9.17) is 0 Å². The van der Waals surface area contributed by atoms with Gasteiger partial charge in [-0.25, -0.2) is 4.98 Å². The van der Waals surface area contributed by atoms with Gasteiger partial charge in [0.05, 0.1) is 11.9 Å². The van der Waals surface area contributed by atoms with Crippen LogP contribution in [0.3, 0.4) is 0 Å². The van der Waals surface area contributed by atoms with Crippen LogP contribution in [0, 0.1) is 0 Å². The van der Waals surface area contributed by atoms with Gasteiger partial charge in [-0.2, -0.15) is 0 Å². The number of nitrogens with zero attached hydrogens (tertiary/aromatic N) is 2. The molecule has 0 saturated carbocycles. The van der Waals surface area contributed by atoms with E-state index in [1.54, 1.807) is 0 Å². The Labute approximate surface area is 140 Å². The third kappa shape index (κ3) is 2.72. The van der Waals surface area contributed by atoms with Gasteiger partial charge in [0.25, 0.3) is 0 Å². The van der Waals surface area contributed by atoms with E-state index in [2.05, 4.69) is 4.98 Å². The summed E-state index contributed by atoms with van der Waals surface area (Å²) in [5.74, 6) is 0.130. The number of pyridine rings is 1. The summed E-state index contributed by atoms with van der Waals surface area (Å²) in [5, 5.41) is 0. The number of carbonyl (C=O) groups excluding carboxylic acids is 1. The summed E-state index contributed by atoms with van der Waals surface area (Å²) in [4.78, 5) is 16.8. The van der Waals surface area contributed by atoms with Gasteiger partial charge >= 0.3 is 0 Å². The van der Waals surface area contributed by atoms with Crippen molar-refractivity contribution in [2.75, 3.05) is 0 Å². The molecule has 0 aliphatic carbocycles. The van der Waals surface area contributed by atoms with Crippen LogP contribution in [0.4, 0.5) is 0 Å². The summed E-state index contributed by atoms with van der Waals surface area (Å²) in [6.07, 6.45) is 4.28. The van der Waals surface area contributed by atoms with Crippen molar-refractivity contribution in [3.05, 3.63) is 96.3 Å². The molecule has 24 heavy (non-hydrogen) atoms. The van der Waals surface area contributed by atoms with Gasteiger partial charge < -0.3 is 0 Å². The fraction of sp³-hybridized carbons (Fsp3) is 0.0476. The lowest BCUT2D eigenvalue weighted by atomic mass is 10.0. The van der Waals surface area contributed by atoms with Gasteiger partial charge in [0.2, 0.25) is 0 Å². The van der Waals surface area contributed by atoms with Gasteiger partial charge in [-0.05, 0) is 17.7 Å². The Morgan fingerprint density at radius 2 is 1.62 bits per heavy atom. The first kappa shape index (κ1) is 14.4. The zero-order chi connectivity index (χ0) is 16.4. The number of hydrogen-bond donors (Lipinski definition) is 0. The van der Waals surface area contributed by atoms with Crippen molar-refractivity contribution in [1.29, 1.82) is 0 Å². The predicted molar refractivity (Wildman–Crippen MR) is 95.1 cm³/mol. The van der Waals surface area contributed by atoms with Gasteiger partial charge in [0, 0.05) is 23.7 Å². The number of fused-ring (bicyclic) bond motifs is 1. The second-order valence-corrected chi connectivity index (χ2v) is 5.74. The minimum Gasteiger partial charge on any atom is -0.300 e. The summed E-state index contributed by atoms with van der Waals surface area (Å²) in [6, 6.07) is 23.5. The van der Waals surface area contributed by atoms with Crippen LogP contribution in [0.15, 0.2) is 85.2 Å². The maximum Gasteiger partial charge on any atom is 0.167 e. The third-order valence-corrected chi connectivity index (χ3v) is 4.13. The van der Waals surface area contributed by atoms with Crippen LogP contribution >= 0.6 is 0 Å². The van der Waals surface area contributed by atoms with Crippen molar-refractivity contribution < 1.29 is 4.79 Å². The van der Waals surface area contributed by atoms with Crippen LogP contribution in [0.25, 0.3) is 16.9 Å². The van der Waals surface area contributed by atoms with Crippen LogP contribution in [0.2, 0.25) is 0 Å². The average molecular weight is 312 g/mol. The summed E-state index contributed by atoms with van der Waals surface area (Å²) < 4.78 is 2.04. The molecule has 2 heterocycles. The molecule has 0 amide bonds. The number of ketones is 1. The molecule has 116 valence electrons. The lowest BCUT2D eigenvalue weighted by Crippen LogP contribution is -2.03. The smallest absolute Gasteiger partial charge is 0.167 e. The molecule has 4 rings (SSSR count). The monoisotopic (exact) mass is 312 g/mol. The second-order valence-electron chi connectivity index (χ2n) is 5.74. The molecule has 0 aliphatic heterocycles. The first-order valence-corrected chi connectivity index (χ1v) is 7.91. The first-order valence-electron chi connectivity index (χ1n) is 7.91. The van der Waals surface area contributed by atoms with E-state index in [1.807, 2.05) is 89.6 Å². The predicted octanol–water partition coefficient (Wildman–Crippen LogP) is 4.43. The molecule has 0 radical (unpaired) electrons. The molecule has 0 spiro atoms. The summed E-state index contributed by atoms with van der Waals surface area (Å²) in [6.45, 7) is 0. The maximum absolute atomic E-state index is 12.4. The van der Waals surface area contributed by atoms with Crippen molar-refractivity contribution in [1.82, 2.24) is 9.38 Å². The number of benzene rings is 2. The molecule has 2 aromatic carbocycles. The highest BCUT2D eigenvalue weighted by molar-refractivity contribution is 5.97. The number of Topliss-reactive ketones (excluding diaryl/α,β-unsaturated/α-hetero) is 1. The van der Waals surface area contributed by atoms with Gasteiger partial charge in [0.1, 0.15) is 5.65 Å². The number of aromatic nitrogens is 2. The first-order chi connectivity index (χ1) is 11.8. The largest absolute Gasteiger partial charge is 0.300 e. The number of imidazole rings is 1. The maximum atomic E-state index is 12.4. The Morgan fingerprint density at radius 1 is 0.875 bits per heavy atom. The topological polar surface area (TPSA) is 34.4 Å². The molecule has 3 nitrogen and oxygen atoms in total. The van der Waals surface area contributed by atoms with Crippen molar-refractivity contribution in [2.45, 2.75) is 6.42 Å². The van der Waals surface area contributed by atoms with E-state index in [-0.39, 0.29) is 5.78 Å². The highest BCUT2D eigenvalue weighted by Crippen LogP contribution is 2.21. The van der Waals surface area contributed by atoms with Crippen molar-refractivity contribution in [3.63, 3.8) is 0 Å². The normalized spacial score (nSPS) is 10.8. The van der Waals surface area contributed by atoms with Crippen molar-refractivity contribution in [3.8, 4) is 11.3 Å². The fourth-order valence-corrected chi connectivity index (χ4v) is 2.86. The molecular formula is C21H16N2O. The standard InChI is InChI=1S/C21H16N2O/c24-20(14-16-6-2-1-3-7-16)18-11-9-17(10-12-18)19-15-22-21-8-4-5-13-23(19)21/h1-13,15H,14H2. The molecule has 2 aromatic heterocycles. The van der Waals surface area contributed by atoms with Gasteiger partial charge in [-0.15, -0.1) is 0 Å². The van der Waals surface area contributed by atoms with Crippen molar-refractivity contribution in [2.24, 2.45) is 0 Å². The SMILES string of the molecule is O=C(Cc1ccccc1)c1ccc(-c2cnc3ccccn23)cc1. The van der Waals surface area contributed by atoms with E-state index in [0.29, 0.717) is 6.42 Å². The molecule has 0 N–H and O–H groups in total. The minimum atomic E-state index is 0.130. The van der Waals surface area contributed by atoms with E-state index in [1.165, 1.54) is 0 Å². The summed E-state index contributed by atoms with van der Waals surface area (Å²) >= 11 is 0. The third-order valence-electron chi connectivity index (χ3n) is 4.13. The van der Waals surface area contributed by atoms with E-state index in [9.17, 15) is 4.79 Å². The Hall–Kier alpha value is -3.20. The molecule has 4 aromatic rings. The van der Waals surface area contributed by atoms with Gasteiger partial charge in [-0.1, -0.05) is 60.7 Å². The minimum absolute atomic E-state index is 0.130. The number of carbonyl (C=O) groups is 1. The quantitative estimate of drug-likeness (QED) is 0.523. The van der Waals surface area contributed by atoms with Gasteiger partial charge in [0.15, 0.2) is 5.78 Å². The van der Waals surface area contributed by atoms with Crippen LogP contribution in [0.1, 0.15) is 15.9 Å². The molecule has 0 unspecified atom stereocenters. The second kappa shape index (κ2) is 6.13. The molecule has 0 fully saturated rings. The zero-order valence-electron chi connectivity index (χ0n) is 13.1. The Morgan fingerprint density at radius 3 is 2.42 bits per heavy atom. The van der Waals surface area contributed by atoms with Crippen LogP contribution < -0.4 is 0 Å². The van der Waals surface area contributed by atoms with Crippen LogP contribution in [-0.4, -0.2) is 15.2 Å². The van der Waals surface area contributed by atoms with Crippen LogP contribution in [-0.2, 0) is 6.42 Å².